The molecule has 8 nitrogen and oxygen atoms in total. The van der Waals surface area contributed by atoms with Gasteiger partial charge in [0.25, 0.3) is 0 Å². The number of aryl methyl sites for hydroxylation is 2. The first-order valence-corrected chi connectivity index (χ1v) is 7.20. The van der Waals surface area contributed by atoms with E-state index in [1.54, 1.807) is 11.6 Å². The largest absolute Gasteiger partial charge is 0.313 e. The van der Waals surface area contributed by atoms with Gasteiger partial charge in [-0.25, -0.2) is 0 Å². The molecule has 3 rings (SSSR count). The summed E-state index contributed by atoms with van der Waals surface area (Å²) in [5, 5.41) is 23.7. The second-order valence-electron chi connectivity index (χ2n) is 5.45. The van der Waals surface area contributed by atoms with E-state index in [2.05, 4.69) is 19.9 Å². The molecule has 0 saturated heterocycles. The highest BCUT2D eigenvalue weighted by molar-refractivity contribution is 5.31. The number of nitro groups is 1. The first kappa shape index (κ1) is 13.7. The summed E-state index contributed by atoms with van der Waals surface area (Å²) >= 11 is 0. The maximum absolute atomic E-state index is 10.9. The number of fused-ring (bicyclic) bond motifs is 1. The molecule has 0 aromatic carbocycles. The minimum atomic E-state index is -0.407. The quantitative estimate of drug-likeness (QED) is 0.637. The van der Waals surface area contributed by atoms with Gasteiger partial charge in [0, 0.05) is 13.0 Å². The molecule has 1 atom stereocenters. The van der Waals surface area contributed by atoms with Crippen molar-refractivity contribution >= 4 is 5.69 Å². The zero-order valence-electron chi connectivity index (χ0n) is 12.2. The topological polar surface area (TPSA) is 91.7 Å². The zero-order valence-corrected chi connectivity index (χ0v) is 12.2. The average molecular weight is 290 g/mol. The van der Waals surface area contributed by atoms with Crippen LogP contribution in [0.1, 0.15) is 49.6 Å². The standard InChI is InChI=1S/C13H18N6O2/c1-9-11(19(20)21)8-18(16-9)10(2)13-15-14-12-6-4-3-5-7-17(12)13/h8,10H,3-7H2,1-2H3. The molecule has 0 N–H and O–H groups in total. The van der Waals surface area contributed by atoms with Crippen molar-refractivity contribution in [1.29, 1.82) is 0 Å². The summed E-state index contributed by atoms with van der Waals surface area (Å²) in [5.41, 5.74) is 0.458. The van der Waals surface area contributed by atoms with Crippen molar-refractivity contribution in [2.24, 2.45) is 0 Å². The Morgan fingerprint density at radius 2 is 2.14 bits per heavy atom. The summed E-state index contributed by atoms with van der Waals surface area (Å²) in [6.07, 6.45) is 5.86. The zero-order chi connectivity index (χ0) is 15.0. The maximum Gasteiger partial charge on any atom is 0.309 e. The lowest BCUT2D eigenvalue weighted by Gasteiger charge is -2.13. The Morgan fingerprint density at radius 3 is 2.86 bits per heavy atom. The molecule has 1 aliphatic heterocycles. The third kappa shape index (κ3) is 2.41. The molecule has 1 unspecified atom stereocenters. The van der Waals surface area contributed by atoms with Crippen LogP contribution in [0, 0.1) is 17.0 Å². The van der Waals surface area contributed by atoms with E-state index in [1.807, 2.05) is 6.92 Å². The number of aromatic nitrogens is 5. The molecule has 0 spiro atoms. The Balaban J connectivity index is 1.95. The van der Waals surface area contributed by atoms with Crippen molar-refractivity contribution in [3.8, 4) is 0 Å². The van der Waals surface area contributed by atoms with Gasteiger partial charge in [-0.3, -0.25) is 14.8 Å². The Bertz CT molecular complexity index is 674. The second-order valence-corrected chi connectivity index (χ2v) is 5.45. The van der Waals surface area contributed by atoms with Crippen LogP contribution >= 0.6 is 0 Å². The predicted octanol–water partition coefficient (Wildman–Crippen LogP) is 2.03. The Morgan fingerprint density at radius 1 is 1.33 bits per heavy atom. The van der Waals surface area contributed by atoms with Gasteiger partial charge >= 0.3 is 5.69 Å². The van der Waals surface area contributed by atoms with Gasteiger partial charge in [0.15, 0.2) is 5.82 Å². The van der Waals surface area contributed by atoms with Gasteiger partial charge in [0.2, 0.25) is 0 Å². The highest BCUT2D eigenvalue weighted by atomic mass is 16.6. The van der Waals surface area contributed by atoms with Crippen LogP contribution in [0.15, 0.2) is 6.20 Å². The van der Waals surface area contributed by atoms with Crippen LogP contribution in [0.25, 0.3) is 0 Å². The van der Waals surface area contributed by atoms with Crippen LogP contribution in [0.5, 0.6) is 0 Å². The summed E-state index contributed by atoms with van der Waals surface area (Å²) in [6.45, 7) is 4.49. The third-order valence-corrected chi connectivity index (χ3v) is 4.00. The van der Waals surface area contributed by atoms with Crippen LogP contribution in [0.2, 0.25) is 0 Å². The molecule has 0 radical (unpaired) electrons. The molecular weight excluding hydrogens is 272 g/mol. The average Bonchev–Trinajstić information content (AvgIpc) is 2.95. The van der Waals surface area contributed by atoms with Crippen molar-refractivity contribution in [2.45, 2.75) is 52.1 Å². The molecule has 0 saturated carbocycles. The first-order chi connectivity index (χ1) is 10.1. The molecule has 1 aliphatic rings. The molecule has 2 aromatic heterocycles. The molecule has 0 fully saturated rings. The number of nitrogens with zero attached hydrogens (tertiary/aromatic N) is 6. The molecule has 0 amide bonds. The third-order valence-electron chi connectivity index (χ3n) is 4.00. The van der Waals surface area contributed by atoms with Crippen LogP contribution in [-0.2, 0) is 13.0 Å². The monoisotopic (exact) mass is 290 g/mol. The van der Waals surface area contributed by atoms with Crippen molar-refractivity contribution < 1.29 is 4.92 Å². The van der Waals surface area contributed by atoms with Crippen LogP contribution in [-0.4, -0.2) is 29.5 Å². The summed E-state index contributed by atoms with van der Waals surface area (Å²) < 4.78 is 3.75. The predicted molar refractivity (Wildman–Crippen MR) is 75.0 cm³/mol. The van der Waals surface area contributed by atoms with Crippen LogP contribution in [0.4, 0.5) is 5.69 Å². The lowest BCUT2D eigenvalue weighted by Crippen LogP contribution is -2.15. The van der Waals surface area contributed by atoms with Gasteiger partial charge in [0.05, 0.1) is 4.92 Å². The Hall–Kier alpha value is -2.25. The van der Waals surface area contributed by atoms with Crippen molar-refractivity contribution in [2.75, 3.05) is 0 Å². The molecular formula is C13H18N6O2. The van der Waals surface area contributed by atoms with Gasteiger partial charge in [-0.1, -0.05) is 6.42 Å². The number of hydrogen-bond acceptors (Lipinski definition) is 5. The smallest absolute Gasteiger partial charge is 0.309 e. The Labute approximate surface area is 121 Å². The normalized spacial score (nSPS) is 16.3. The van der Waals surface area contributed by atoms with E-state index in [0.717, 1.165) is 37.5 Å². The van der Waals surface area contributed by atoms with E-state index in [1.165, 1.54) is 12.6 Å². The fraction of sp³-hybridized carbons (Fsp3) is 0.615. The summed E-state index contributed by atoms with van der Waals surface area (Å²) in [4.78, 5) is 10.5. The van der Waals surface area contributed by atoms with Crippen molar-refractivity contribution in [3.63, 3.8) is 0 Å². The van der Waals surface area contributed by atoms with E-state index in [4.69, 9.17) is 0 Å². The van der Waals surface area contributed by atoms with Gasteiger partial charge in [0.1, 0.15) is 23.8 Å². The van der Waals surface area contributed by atoms with E-state index in [-0.39, 0.29) is 11.7 Å². The van der Waals surface area contributed by atoms with E-state index < -0.39 is 4.92 Å². The van der Waals surface area contributed by atoms with Gasteiger partial charge in [-0.05, 0) is 26.7 Å². The number of rotatable bonds is 3. The summed E-state index contributed by atoms with van der Waals surface area (Å²) in [5.74, 6) is 1.83. The van der Waals surface area contributed by atoms with E-state index in [9.17, 15) is 10.1 Å². The first-order valence-electron chi connectivity index (χ1n) is 7.20. The molecule has 21 heavy (non-hydrogen) atoms. The molecule has 3 heterocycles. The lowest BCUT2D eigenvalue weighted by molar-refractivity contribution is -0.385. The Kier molecular flexibility index (Phi) is 3.44. The van der Waals surface area contributed by atoms with Crippen molar-refractivity contribution in [3.05, 3.63) is 33.7 Å². The number of hydrogen-bond donors (Lipinski definition) is 0. The SMILES string of the molecule is Cc1nn(C(C)c2nnc3n2CCCCC3)cc1[N+](=O)[O-]. The fourth-order valence-electron chi connectivity index (χ4n) is 2.78. The van der Waals surface area contributed by atoms with E-state index >= 15 is 0 Å². The molecule has 0 bridgehead atoms. The fourth-order valence-corrected chi connectivity index (χ4v) is 2.78. The highest BCUT2D eigenvalue weighted by Gasteiger charge is 2.24. The molecule has 2 aromatic rings. The minimum absolute atomic E-state index is 0.0393. The van der Waals surface area contributed by atoms with Gasteiger partial charge in [-0.15, -0.1) is 10.2 Å². The molecule has 0 aliphatic carbocycles. The molecule has 8 heteroatoms. The van der Waals surface area contributed by atoms with E-state index in [0.29, 0.717) is 5.69 Å². The van der Waals surface area contributed by atoms with Gasteiger partial charge < -0.3 is 4.57 Å². The van der Waals surface area contributed by atoms with Crippen LogP contribution < -0.4 is 0 Å². The maximum atomic E-state index is 10.9. The molecule has 112 valence electrons. The van der Waals surface area contributed by atoms with Crippen LogP contribution in [0.3, 0.4) is 0 Å². The highest BCUT2D eigenvalue weighted by Crippen LogP contribution is 2.24. The second kappa shape index (κ2) is 5.27. The lowest BCUT2D eigenvalue weighted by atomic mass is 10.2. The minimum Gasteiger partial charge on any atom is -0.313 e. The summed E-state index contributed by atoms with van der Waals surface area (Å²) in [6, 6.07) is -0.170. The van der Waals surface area contributed by atoms with Gasteiger partial charge in [-0.2, -0.15) is 5.10 Å². The van der Waals surface area contributed by atoms with Crippen molar-refractivity contribution in [1.82, 2.24) is 24.5 Å². The summed E-state index contributed by atoms with van der Waals surface area (Å²) in [7, 11) is 0.